The van der Waals surface area contributed by atoms with Crippen LogP contribution in [0.5, 0.6) is 0 Å². The van der Waals surface area contributed by atoms with E-state index in [4.69, 9.17) is 4.74 Å². The lowest BCUT2D eigenvalue weighted by molar-refractivity contribution is -0.116. The van der Waals surface area contributed by atoms with Crippen molar-refractivity contribution in [3.8, 4) is 0 Å². The lowest BCUT2D eigenvalue weighted by atomic mass is 10.1. The van der Waals surface area contributed by atoms with Gasteiger partial charge in [0.1, 0.15) is 11.2 Å². The first-order chi connectivity index (χ1) is 15.6. The van der Waals surface area contributed by atoms with Gasteiger partial charge in [-0.05, 0) is 58.4 Å². The highest BCUT2D eigenvalue weighted by Crippen LogP contribution is 2.18. The summed E-state index contributed by atoms with van der Waals surface area (Å²) in [6.45, 7) is 10.3. The Labute approximate surface area is 192 Å². The van der Waals surface area contributed by atoms with Gasteiger partial charge in [0.15, 0.2) is 5.65 Å². The first kappa shape index (κ1) is 24.2. The van der Waals surface area contributed by atoms with E-state index in [1.807, 2.05) is 27.7 Å². The third kappa shape index (κ3) is 5.66. The summed E-state index contributed by atoms with van der Waals surface area (Å²) >= 11 is 0. The van der Waals surface area contributed by atoms with Crippen molar-refractivity contribution in [2.45, 2.75) is 66.0 Å². The molecule has 0 aliphatic rings. The zero-order chi connectivity index (χ0) is 24.2. The molecule has 9 heteroatoms. The molecular weight excluding hydrogens is 422 g/mol. The quantitative estimate of drug-likeness (QED) is 0.412. The van der Waals surface area contributed by atoms with E-state index in [0.29, 0.717) is 34.7 Å². The maximum atomic E-state index is 13.0. The molecule has 176 valence electrons. The summed E-state index contributed by atoms with van der Waals surface area (Å²) in [5.41, 5.74) is 1.02. The number of unbranched alkanes of at least 4 members (excludes halogenated alkanes) is 1. The number of rotatable bonds is 8. The molecule has 2 aromatic heterocycles. The number of esters is 1. The van der Waals surface area contributed by atoms with Gasteiger partial charge in [0, 0.05) is 18.7 Å². The van der Waals surface area contributed by atoms with Gasteiger partial charge in [0.25, 0.3) is 5.56 Å². The number of ether oxygens (including phenoxy) is 1. The maximum absolute atomic E-state index is 13.0. The highest BCUT2D eigenvalue weighted by Gasteiger charge is 2.21. The second-order valence-electron chi connectivity index (χ2n) is 8.95. The number of anilines is 1. The molecule has 0 radical (unpaired) electrons. The van der Waals surface area contributed by atoms with Gasteiger partial charge < -0.3 is 10.1 Å². The summed E-state index contributed by atoms with van der Waals surface area (Å²) in [6, 6.07) is 6.53. The van der Waals surface area contributed by atoms with Crippen LogP contribution in [0.15, 0.2) is 35.3 Å². The number of hydrogen-bond donors (Lipinski definition) is 1. The molecule has 3 rings (SSSR count). The Hall–Kier alpha value is -3.49. The average molecular weight is 454 g/mol. The second-order valence-corrected chi connectivity index (χ2v) is 8.95. The minimum atomic E-state index is -0.381. The van der Waals surface area contributed by atoms with E-state index in [-0.39, 0.29) is 35.9 Å². The second kappa shape index (κ2) is 9.97. The van der Waals surface area contributed by atoms with Crippen LogP contribution in [0, 0.1) is 6.92 Å². The van der Waals surface area contributed by atoms with E-state index in [1.165, 1.54) is 10.8 Å². The van der Waals surface area contributed by atoms with Gasteiger partial charge in [-0.3, -0.25) is 14.2 Å². The number of fused-ring (bicyclic) bond motifs is 1. The molecule has 0 bridgehead atoms. The van der Waals surface area contributed by atoms with Gasteiger partial charge in [-0.1, -0.05) is 13.3 Å². The number of amides is 1. The molecular formula is C24H31N5O4. The van der Waals surface area contributed by atoms with E-state index in [2.05, 4.69) is 15.4 Å². The third-order valence-electron chi connectivity index (χ3n) is 5.21. The number of benzene rings is 1. The molecule has 1 aromatic carbocycles. The molecule has 3 aromatic rings. The van der Waals surface area contributed by atoms with Crippen molar-refractivity contribution < 1.29 is 14.3 Å². The predicted molar refractivity (Wildman–Crippen MR) is 126 cm³/mol. The van der Waals surface area contributed by atoms with E-state index < -0.39 is 0 Å². The smallest absolute Gasteiger partial charge is 0.338 e. The Morgan fingerprint density at radius 1 is 1.15 bits per heavy atom. The van der Waals surface area contributed by atoms with E-state index in [1.54, 1.807) is 35.9 Å². The molecule has 1 amide bonds. The van der Waals surface area contributed by atoms with Crippen LogP contribution in [0.3, 0.4) is 0 Å². The summed E-state index contributed by atoms with van der Waals surface area (Å²) in [5, 5.41) is 7.55. The number of nitrogens with zero attached hydrogens (tertiary/aromatic N) is 4. The molecule has 0 saturated heterocycles. The fourth-order valence-corrected chi connectivity index (χ4v) is 3.38. The van der Waals surface area contributed by atoms with Crippen molar-refractivity contribution in [1.29, 1.82) is 0 Å². The summed E-state index contributed by atoms with van der Waals surface area (Å²) < 4.78 is 8.40. The van der Waals surface area contributed by atoms with Gasteiger partial charge in [-0.25, -0.2) is 14.5 Å². The van der Waals surface area contributed by atoms with Crippen LogP contribution in [0.25, 0.3) is 11.0 Å². The lowest BCUT2D eigenvalue weighted by Crippen LogP contribution is -2.28. The zero-order valence-corrected chi connectivity index (χ0v) is 19.8. The number of nitrogens with one attached hydrogen (secondary N) is 1. The van der Waals surface area contributed by atoms with Crippen LogP contribution < -0.4 is 10.9 Å². The number of aromatic nitrogens is 4. The van der Waals surface area contributed by atoms with E-state index in [9.17, 15) is 14.4 Å². The largest absolute Gasteiger partial charge is 0.462 e. The summed E-state index contributed by atoms with van der Waals surface area (Å²) in [6.07, 6.45) is 3.40. The Balaban J connectivity index is 1.64. The molecule has 9 nitrogen and oxygen atoms in total. The molecule has 33 heavy (non-hydrogen) atoms. The topological polar surface area (TPSA) is 108 Å². The van der Waals surface area contributed by atoms with Crippen molar-refractivity contribution in [3.05, 3.63) is 52.2 Å². The van der Waals surface area contributed by atoms with Gasteiger partial charge >= 0.3 is 5.97 Å². The van der Waals surface area contributed by atoms with Crippen molar-refractivity contribution in [3.63, 3.8) is 0 Å². The van der Waals surface area contributed by atoms with Gasteiger partial charge in [0.2, 0.25) is 5.91 Å². The minimum Gasteiger partial charge on any atom is -0.462 e. The van der Waals surface area contributed by atoms with E-state index in [0.717, 1.165) is 12.8 Å². The lowest BCUT2D eigenvalue weighted by Gasteiger charge is -2.20. The highest BCUT2D eigenvalue weighted by atomic mass is 16.5. The zero-order valence-electron chi connectivity index (χ0n) is 19.8. The third-order valence-corrected chi connectivity index (χ3v) is 5.21. The Morgan fingerprint density at radius 3 is 2.48 bits per heavy atom. The molecule has 0 atom stereocenters. The number of carbonyl (C=O) groups is 2. The number of hydrogen-bond acceptors (Lipinski definition) is 6. The predicted octanol–water partition coefficient (Wildman–Crippen LogP) is 3.64. The molecule has 0 fully saturated rings. The van der Waals surface area contributed by atoms with Gasteiger partial charge in [0.05, 0.1) is 23.9 Å². The monoisotopic (exact) mass is 453 g/mol. The Kier molecular flexibility index (Phi) is 7.30. The fraction of sp³-hybridized carbons (Fsp3) is 0.458. The number of carbonyl (C=O) groups excluding carboxylic acids is 2. The van der Waals surface area contributed by atoms with Crippen molar-refractivity contribution in [2.24, 2.45) is 0 Å². The van der Waals surface area contributed by atoms with Gasteiger partial charge in [-0.15, -0.1) is 0 Å². The Morgan fingerprint density at radius 2 is 1.85 bits per heavy atom. The number of aryl methyl sites for hydroxylation is 1. The first-order valence-electron chi connectivity index (χ1n) is 11.1. The maximum Gasteiger partial charge on any atom is 0.338 e. The SMILES string of the molecule is CCCCOC(=O)c1ccc(NC(=O)CCn2c(C)nc3c(cnn3C(C)(C)C)c2=O)cc1. The minimum absolute atomic E-state index is 0.0994. The van der Waals surface area contributed by atoms with Crippen molar-refractivity contribution >= 4 is 28.6 Å². The molecule has 0 aliphatic carbocycles. The van der Waals surface area contributed by atoms with Crippen LogP contribution in [0.4, 0.5) is 5.69 Å². The summed E-state index contributed by atoms with van der Waals surface area (Å²) in [5.74, 6) is -0.101. The van der Waals surface area contributed by atoms with Gasteiger partial charge in [-0.2, -0.15) is 5.10 Å². The molecule has 0 spiro atoms. The van der Waals surface area contributed by atoms with Crippen LogP contribution in [-0.2, 0) is 21.6 Å². The molecule has 0 aliphatic heterocycles. The summed E-state index contributed by atoms with van der Waals surface area (Å²) in [7, 11) is 0. The van der Waals surface area contributed by atoms with Crippen LogP contribution >= 0.6 is 0 Å². The fourth-order valence-electron chi connectivity index (χ4n) is 3.38. The summed E-state index contributed by atoms with van der Waals surface area (Å²) in [4.78, 5) is 41.9. The molecule has 2 heterocycles. The van der Waals surface area contributed by atoms with Crippen molar-refractivity contribution in [2.75, 3.05) is 11.9 Å². The average Bonchev–Trinajstić information content (AvgIpc) is 3.18. The van der Waals surface area contributed by atoms with Crippen LogP contribution in [0.1, 0.15) is 63.1 Å². The van der Waals surface area contributed by atoms with E-state index >= 15 is 0 Å². The van der Waals surface area contributed by atoms with Crippen LogP contribution in [-0.4, -0.2) is 37.8 Å². The van der Waals surface area contributed by atoms with Crippen LogP contribution in [0.2, 0.25) is 0 Å². The van der Waals surface area contributed by atoms with Crippen molar-refractivity contribution in [1.82, 2.24) is 19.3 Å². The Bertz CT molecular complexity index is 1200. The standard InChI is InChI=1S/C24H31N5O4/c1-6-7-14-33-23(32)17-8-10-18(11-9-17)27-20(30)12-13-28-16(2)26-21-19(22(28)31)15-25-29(21)24(3,4)5/h8-11,15H,6-7,12-14H2,1-5H3,(H,27,30). The normalized spacial score (nSPS) is 11.5. The first-order valence-corrected chi connectivity index (χ1v) is 11.1. The molecule has 0 unspecified atom stereocenters. The highest BCUT2D eigenvalue weighted by molar-refractivity contribution is 5.93. The molecule has 0 saturated carbocycles. The molecule has 1 N–H and O–H groups in total.